The molecule has 0 aliphatic heterocycles. The number of hydrogen-bond acceptors (Lipinski definition) is 1. The standard InChI is InChI=1S/C11H12Cl2O/c1-8(2)5-6-14-11-7-9(12)3-4-10(11)13/h3-5,7H,6H2,1-2H3. The Morgan fingerprint density at radius 2 is 2.07 bits per heavy atom. The highest BCUT2D eigenvalue weighted by molar-refractivity contribution is 6.34. The topological polar surface area (TPSA) is 9.23 Å². The minimum Gasteiger partial charge on any atom is -0.488 e. The molecule has 0 aliphatic rings. The smallest absolute Gasteiger partial charge is 0.139 e. The van der Waals surface area contributed by atoms with E-state index in [1.807, 2.05) is 19.9 Å². The third-order valence-electron chi connectivity index (χ3n) is 1.62. The lowest BCUT2D eigenvalue weighted by atomic mass is 10.3. The largest absolute Gasteiger partial charge is 0.488 e. The highest BCUT2D eigenvalue weighted by Crippen LogP contribution is 2.27. The van der Waals surface area contributed by atoms with Crippen molar-refractivity contribution in [3.05, 3.63) is 39.9 Å². The van der Waals surface area contributed by atoms with Gasteiger partial charge in [0.2, 0.25) is 0 Å². The van der Waals surface area contributed by atoms with Crippen molar-refractivity contribution in [2.45, 2.75) is 13.8 Å². The lowest BCUT2D eigenvalue weighted by Gasteiger charge is -2.05. The molecule has 14 heavy (non-hydrogen) atoms. The van der Waals surface area contributed by atoms with Crippen LogP contribution in [0.25, 0.3) is 0 Å². The summed E-state index contributed by atoms with van der Waals surface area (Å²) in [5, 5.41) is 1.21. The van der Waals surface area contributed by atoms with E-state index in [0.29, 0.717) is 22.4 Å². The van der Waals surface area contributed by atoms with Gasteiger partial charge in [-0.1, -0.05) is 28.8 Å². The first-order chi connectivity index (χ1) is 6.59. The minimum atomic E-state index is 0.516. The van der Waals surface area contributed by atoms with Crippen molar-refractivity contribution < 1.29 is 4.74 Å². The van der Waals surface area contributed by atoms with Crippen LogP contribution in [-0.2, 0) is 0 Å². The molecule has 1 aromatic carbocycles. The first-order valence-electron chi connectivity index (χ1n) is 4.31. The molecule has 3 heteroatoms. The fraction of sp³-hybridized carbons (Fsp3) is 0.273. The fourth-order valence-corrected chi connectivity index (χ4v) is 1.22. The lowest BCUT2D eigenvalue weighted by molar-refractivity contribution is 0.362. The zero-order valence-corrected chi connectivity index (χ0v) is 9.69. The van der Waals surface area contributed by atoms with E-state index in [2.05, 4.69) is 0 Å². The van der Waals surface area contributed by atoms with Crippen LogP contribution in [-0.4, -0.2) is 6.61 Å². The van der Waals surface area contributed by atoms with E-state index in [0.717, 1.165) is 0 Å². The zero-order chi connectivity index (χ0) is 10.6. The van der Waals surface area contributed by atoms with Gasteiger partial charge >= 0.3 is 0 Å². The number of halogens is 2. The summed E-state index contributed by atoms with van der Waals surface area (Å²) < 4.78 is 5.44. The predicted molar refractivity (Wildman–Crippen MR) is 61.4 cm³/mol. The predicted octanol–water partition coefficient (Wildman–Crippen LogP) is 4.34. The molecule has 0 saturated heterocycles. The summed E-state index contributed by atoms with van der Waals surface area (Å²) in [5.74, 6) is 0.622. The fourth-order valence-electron chi connectivity index (χ4n) is 0.886. The van der Waals surface area contributed by atoms with Crippen molar-refractivity contribution in [1.82, 2.24) is 0 Å². The molecule has 76 valence electrons. The average molecular weight is 231 g/mol. The van der Waals surface area contributed by atoms with Crippen molar-refractivity contribution in [2.24, 2.45) is 0 Å². The van der Waals surface area contributed by atoms with E-state index < -0.39 is 0 Å². The summed E-state index contributed by atoms with van der Waals surface area (Å²) in [5.41, 5.74) is 1.21. The van der Waals surface area contributed by atoms with E-state index in [1.165, 1.54) is 5.57 Å². The van der Waals surface area contributed by atoms with Gasteiger partial charge in [0.1, 0.15) is 12.4 Å². The van der Waals surface area contributed by atoms with Crippen LogP contribution in [0.15, 0.2) is 29.8 Å². The first-order valence-corrected chi connectivity index (χ1v) is 5.06. The molecule has 0 saturated carbocycles. The van der Waals surface area contributed by atoms with Crippen LogP contribution in [0.4, 0.5) is 0 Å². The molecule has 0 fully saturated rings. The number of benzene rings is 1. The Bertz CT molecular complexity index is 341. The molecular weight excluding hydrogens is 219 g/mol. The summed E-state index contributed by atoms with van der Waals surface area (Å²) in [6.07, 6.45) is 1.98. The third-order valence-corrected chi connectivity index (χ3v) is 2.17. The molecule has 0 bridgehead atoms. The van der Waals surface area contributed by atoms with Gasteiger partial charge in [-0.2, -0.15) is 0 Å². The second kappa shape index (κ2) is 5.28. The molecule has 0 heterocycles. The average Bonchev–Trinajstić information content (AvgIpc) is 2.10. The number of rotatable bonds is 3. The Labute approximate surface area is 94.3 Å². The molecule has 0 unspecified atom stereocenters. The zero-order valence-electron chi connectivity index (χ0n) is 8.18. The summed E-state index contributed by atoms with van der Waals surface area (Å²) in [6, 6.07) is 5.17. The van der Waals surface area contributed by atoms with Crippen molar-refractivity contribution in [2.75, 3.05) is 6.61 Å². The molecule has 0 amide bonds. The van der Waals surface area contributed by atoms with Crippen molar-refractivity contribution in [3.63, 3.8) is 0 Å². The Kier molecular flexibility index (Phi) is 4.30. The molecule has 0 aromatic heterocycles. The normalized spacial score (nSPS) is 9.71. The van der Waals surface area contributed by atoms with Gasteiger partial charge in [-0.05, 0) is 32.1 Å². The molecule has 1 aromatic rings. The Balaban J connectivity index is 2.67. The van der Waals surface area contributed by atoms with Gasteiger partial charge in [0.05, 0.1) is 5.02 Å². The molecule has 0 atom stereocenters. The third kappa shape index (κ3) is 3.60. The van der Waals surface area contributed by atoms with Gasteiger partial charge in [0.25, 0.3) is 0 Å². The van der Waals surface area contributed by atoms with E-state index in [4.69, 9.17) is 27.9 Å². The van der Waals surface area contributed by atoms with E-state index in [-0.39, 0.29) is 0 Å². The van der Waals surface area contributed by atoms with Crippen LogP contribution in [0.5, 0.6) is 5.75 Å². The maximum atomic E-state index is 5.91. The molecule has 1 rings (SSSR count). The molecule has 1 nitrogen and oxygen atoms in total. The van der Waals surface area contributed by atoms with E-state index in [9.17, 15) is 0 Å². The molecule has 0 aliphatic carbocycles. The highest BCUT2D eigenvalue weighted by Gasteiger charge is 2.00. The molecule has 0 radical (unpaired) electrons. The van der Waals surface area contributed by atoms with Gasteiger partial charge in [0.15, 0.2) is 0 Å². The van der Waals surface area contributed by atoms with E-state index >= 15 is 0 Å². The second-order valence-electron chi connectivity index (χ2n) is 3.17. The summed E-state index contributed by atoms with van der Waals surface area (Å²) >= 11 is 11.7. The van der Waals surface area contributed by atoms with Crippen LogP contribution >= 0.6 is 23.2 Å². The van der Waals surface area contributed by atoms with Crippen LogP contribution in [0, 0.1) is 0 Å². The maximum absolute atomic E-state index is 5.91. The van der Waals surface area contributed by atoms with Gasteiger partial charge in [-0.15, -0.1) is 0 Å². The van der Waals surface area contributed by atoms with Gasteiger partial charge < -0.3 is 4.74 Å². The second-order valence-corrected chi connectivity index (χ2v) is 4.01. The first kappa shape index (κ1) is 11.4. The Morgan fingerprint density at radius 3 is 2.71 bits per heavy atom. The summed E-state index contributed by atoms with van der Waals surface area (Å²) in [6.45, 7) is 4.55. The van der Waals surface area contributed by atoms with E-state index in [1.54, 1.807) is 18.2 Å². The van der Waals surface area contributed by atoms with Crippen LogP contribution in [0.1, 0.15) is 13.8 Å². The van der Waals surface area contributed by atoms with Crippen molar-refractivity contribution in [1.29, 1.82) is 0 Å². The quantitative estimate of drug-likeness (QED) is 0.703. The Morgan fingerprint density at radius 1 is 1.36 bits per heavy atom. The SMILES string of the molecule is CC(C)=CCOc1cc(Cl)ccc1Cl. The number of hydrogen-bond donors (Lipinski definition) is 0. The van der Waals surface area contributed by atoms with Crippen molar-refractivity contribution >= 4 is 23.2 Å². The molecular formula is C11H12Cl2O. The van der Waals surface area contributed by atoms with Gasteiger partial charge in [-0.25, -0.2) is 0 Å². The monoisotopic (exact) mass is 230 g/mol. The minimum absolute atomic E-state index is 0.516. The number of allylic oxidation sites excluding steroid dienone is 1. The number of ether oxygens (including phenoxy) is 1. The highest BCUT2D eigenvalue weighted by atomic mass is 35.5. The molecule has 0 spiro atoms. The van der Waals surface area contributed by atoms with Crippen molar-refractivity contribution in [3.8, 4) is 5.75 Å². The van der Waals surface area contributed by atoms with Gasteiger partial charge in [0, 0.05) is 11.1 Å². The van der Waals surface area contributed by atoms with Gasteiger partial charge in [-0.3, -0.25) is 0 Å². The van der Waals surface area contributed by atoms with Crippen LogP contribution < -0.4 is 4.74 Å². The van der Waals surface area contributed by atoms with Crippen LogP contribution in [0.3, 0.4) is 0 Å². The Hall–Kier alpha value is -0.660. The summed E-state index contributed by atoms with van der Waals surface area (Å²) in [7, 11) is 0. The van der Waals surface area contributed by atoms with Crippen LogP contribution in [0.2, 0.25) is 10.0 Å². The molecule has 0 N–H and O–H groups in total. The lowest BCUT2D eigenvalue weighted by Crippen LogP contribution is -1.94. The summed E-state index contributed by atoms with van der Waals surface area (Å²) in [4.78, 5) is 0. The maximum Gasteiger partial charge on any atom is 0.139 e.